The Labute approximate surface area is 137 Å². The van der Waals surface area contributed by atoms with Crippen molar-refractivity contribution in [3.63, 3.8) is 0 Å². The van der Waals surface area contributed by atoms with Crippen molar-refractivity contribution in [1.29, 1.82) is 0 Å². The smallest absolute Gasteiger partial charge is 0.217 e. The molecule has 2 aliphatic rings. The highest BCUT2D eigenvalue weighted by atomic mass is 32.2. The lowest BCUT2D eigenvalue weighted by Gasteiger charge is -2.27. The summed E-state index contributed by atoms with van der Waals surface area (Å²) in [4.78, 5) is 0. The Balaban J connectivity index is 1.75. The Bertz CT molecular complexity index is 626. The van der Waals surface area contributed by atoms with E-state index in [1.54, 1.807) is 22.3 Å². The van der Waals surface area contributed by atoms with Gasteiger partial charge in [-0.2, -0.15) is 9.40 Å². The Morgan fingerprint density at radius 1 is 1.30 bits per heavy atom. The first-order valence-corrected chi connectivity index (χ1v) is 9.61. The molecule has 1 aliphatic heterocycles. The number of rotatable bonds is 8. The molecule has 1 saturated carbocycles. The molecule has 0 spiro atoms. The van der Waals surface area contributed by atoms with Gasteiger partial charge in [-0.05, 0) is 31.2 Å². The third-order valence-corrected chi connectivity index (χ3v) is 6.95. The average Bonchev–Trinajstić information content (AvgIpc) is 3.19. The number of sulfonamides is 1. The fourth-order valence-corrected chi connectivity index (χ4v) is 5.26. The molecule has 0 aromatic carbocycles. The summed E-state index contributed by atoms with van der Waals surface area (Å²) in [6.45, 7) is 1.55. The Morgan fingerprint density at radius 3 is 2.70 bits per heavy atom. The molecule has 1 aliphatic carbocycles. The standard InChI is InChI=1S/C15H25N3O4S/c1-17-11-12(10-16-17)9-14-15(22-8-7-21-2)5-6-18(14)23(19,20)13-3-4-13/h10-11,13-15H,3-9H2,1-2H3/t14-,15-/m0/s1. The normalized spacial score (nSPS) is 26.0. The largest absolute Gasteiger partial charge is 0.382 e. The van der Waals surface area contributed by atoms with Gasteiger partial charge < -0.3 is 9.47 Å². The van der Waals surface area contributed by atoms with Crippen LogP contribution >= 0.6 is 0 Å². The highest BCUT2D eigenvalue weighted by Crippen LogP contribution is 2.36. The number of aromatic nitrogens is 2. The average molecular weight is 343 g/mol. The van der Waals surface area contributed by atoms with E-state index in [9.17, 15) is 8.42 Å². The minimum atomic E-state index is -3.20. The van der Waals surface area contributed by atoms with Gasteiger partial charge >= 0.3 is 0 Å². The van der Waals surface area contributed by atoms with Crippen LogP contribution in [0, 0.1) is 0 Å². The minimum absolute atomic E-state index is 0.0844. The summed E-state index contributed by atoms with van der Waals surface area (Å²) in [5.41, 5.74) is 1.04. The van der Waals surface area contributed by atoms with Crippen LogP contribution in [-0.4, -0.2) is 66.8 Å². The lowest BCUT2D eigenvalue weighted by atomic mass is 10.1. The monoisotopic (exact) mass is 343 g/mol. The summed E-state index contributed by atoms with van der Waals surface area (Å²) >= 11 is 0. The van der Waals surface area contributed by atoms with E-state index in [0.29, 0.717) is 26.2 Å². The molecular weight excluding hydrogens is 318 g/mol. The van der Waals surface area contributed by atoms with Crippen LogP contribution < -0.4 is 0 Å². The van der Waals surface area contributed by atoms with E-state index >= 15 is 0 Å². The van der Waals surface area contributed by atoms with Gasteiger partial charge in [-0.3, -0.25) is 4.68 Å². The second kappa shape index (κ2) is 6.88. The molecule has 2 heterocycles. The fourth-order valence-electron chi connectivity index (χ4n) is 3.20. The molecule has 3 rings (SSSR count). The number of hydrogen-bond donors (Lipinski definition) is 0. The lowest BCUT2D eigenvalue weighted by molar-refractivity contribution is 0.00635. The first-order chi connectivity index (χ1) is 11.0. The van der Waals surface area contributed by atoms with Gasteiger partial charge in [-0.25, -0.2) is 8.42 Å². The molecule has 7 nitrogen and oxygen atoms in total. The summed E-state index contributed by atoms with van der Waals surface area (Å²) in [6.07, 6.45) is 6.59. The van der Waals surface area contributed by atoms with Gasteiger partial charge in [-0.1, -0.05) is 0 Å². The summed E-state index contributed by atoms with van der Waals surface area (Å²) in [7, 11) is 0.302. The number of hydrogen-bond acceptors (Lipinski definition) is 5. The number of nitrogens with zero attached hydrogens (tertiary/aromatic N) is 3. The molecular formula is C15H25N3O4S. The predicted octanol–water partition coefficient (Wildman–Crippen LogP) is 0.561. The Hall–Kier alpha value is -0.960. The van der Waals surface area contributed by atoms with Crippen molar-refractivity contribution in [2.75, 3.05) is 26.9 Å². The highest BCUT2D eigenvalue weighted by Gasteiger charge is 2.47. The van der Waals surface area contributed by atoms with Crippen molar-refractivity contribution < 1.29 is 17.9 Å². The number of aryl methyl sites for hydroxylation is 1. The first kappa shape index (κ1) is 16.9. The quantitative estimate of drug-likeness (QED) is 0.645. The maximum Gasteiger partial charge on any atom is 0.217 e. The third-order valence-electron chi connectivity index (χ3n) is 4.53. The van der Waals surface area contributed by atoms with Gasteiger partial charge in [0.2, 0.25) is 10.0 Å². The van der Waals surface area contributed by atoms with Gasteiger partial charge in [-0.15, -0.1) is 0 Å². The summed E-state index contributed by atoms with van der Waals surface area (Å²) < 4.78 is 39.8. The molecule has 0 N–H and O–H groups in total. The van der Waals surface area contributed by atoms with Crippen LogP contribution in [0.4, 0.5) is 0 Å². The summed E-state index contributed by atoms with van der Waals surface area (Å²) in [6, 6.07) is -0.151. The summed E-state index contributed by atoms with van der Waals surface area (Å²) in [5, 5.41) is 4.00. The van der Waals surface area contributed by atoms with Crippen LogP contribution in [0.15, 0.2) is 12.4 Å². The van der Waals surface area contributed by atoms with E-state index in [-0.39, 0.29) is 17.4 Å². The van der Waals surface area contributed by atoms with Crippen molar-refractivity contribution in [1.82, 2.24) is 14.1 Å². The second-order valence-electron chi connectivity index (χ2n) is 6.34. The molecule has 0 bridgehead atoms. The predicted molar refractivity (Wildman–Crippen MR) is 85.6 cm³/mol. The molecule has 0 unspecified atom stereocenters. The van der Waals surface area contributed by atoms with Gasteiger partial charge in [0.15, 0.2) is 0 Å². The van der Waals surface area contributed by atoms with E-state index in [4.69, 9.17) is 9.47 Å². The van der Waals surface area contributed by atoms with E-state index < -0.39 is 10.0 Å². The van der Waals surface area contributed by atoms with Crippen molar-refractivity contribution in [2.45, 2.75) is 43.1 Å². The van der Waals surface area contributed by atoms with Crippen molar-refractivity contribution in [2.24, 2.45) is 7.05 Å². The van der Waals surface area contributed by atoms with E-state index in [1.165, 1.54) is 0 Å². The SMILES string of the molecule is COCCO[C@H]1CCN(S(=O)(=O)C2CC2)[C@H]1Cc1cnn(C)c1. The van der Waals surface area contributed by atoms with Crippen LogP contribution in [0.1, 0.15) is 24.8 Å². The van der Waals surface area contributed by atoms with Gasteiger partial charge in [0.05, 0.1) is 36.8 Å². The zero-order chi connectivity index (χ0) is 16.4. The minimum Gasteiger partial charge on any atom is -0.382 e. The topological polar surface area (TPSA) is 73.7 Å². The second-order valence-corrected chi connectivity index (χ2v) is 8.51. The third kappa shape index (κ3) is 3.76. The van der Waals surface area contributed by atoms with E-state index in [1.807, 2.05) is 13.2 Å². The van der Waals surface area contributed by atoms with Crippen LogP contribution in [0.2, 0.25) is 0 Å². The van der Waals surface area contributed by atoms with Crippen LogP contribution in [0.3, 0.4) is 0 Å². The van der Waals surface area contributed by atoms with E-state index in [0.717, 1.165) is 24.8 Å². The molecule has 1 saturated heterocycles. The lowest BCUT2D eigenvalue weighted by Crippen LogP contribution is -2.43. The summed E-state index contributed by atoms with van der Waals surface area (Å²) in [5.74, 6) is 0. The van der Waals surface area contributed by atoms with Gasteiger partial charge in [0, 0.05) is 26.9 Å². The van der Waals surface area contributed by atoms with E-state index in [2.05, 4.69) is 5.10 Å². The molecule has 0 amide bonds. The molecule has 1 aromatic heterocycles. The molecule has 2 fully saturated rings. The first-order valence-electron chi connectivity index (χ1n) is 8.11. The Kier molecular flexibility index (Phi) is 5.05. The fraction of sp³-hybridized carbons (Fsp3) is 0.800. The number of methoxy groups -OCH3 is 1. The molecule has 130 valence electrons. The van der Waals surface area contributed by atoms with Crippen molar-refractivity contribution in [3.8, 4) is 0 Å². The van der Waals surface area contributed by atoms with Crippen molar-refractivity contribution >= 4 is 10.0 Å². The number of ether oxygens (including phenoxy) is 2. The van der Waals surface area contributed by atoms with Crippen LogP contribution in [0.5, 0.6) is 0 Å². The molecule has 1 aromatic rings. The van der Waals surface area contributed by atoms with Gasteiger partial charge in [0.25, 0.3) is 0 Å². The molecule has 2 atom stereocenters. The maximum absolute atomic E-state index is 12.7. The van der Waals surface area contributed by atoms with Crippen molar-refractivity contribution in [3.05, 3.63) is 18.0 Å². The van der Waals surface area contributed by atoms with Crippen LogP contribution in [-0.2, 0) is 33.0 Å². The zero-order valence-corrected chi connectivity index (χ0v) is 14.5. The zero-order valence-electron chi connectivity index (χ0n) is 13.7. The van der Waals surface area contributed by atoms with Gasteiger partial charge in [0.1, 0.15) is 0 Å². The Morgan fingerprint density at radius 2 is 2.09 bits per heavy atom. The van der Waals surface area contributed by atoms with Crippen LogP contribution in [0.25, 0.3) is 0 Å². The maximum atomic E-state index is 12.7. The molecule has 0 radical (unpaired) electrons. The molecule has 23 heavy (non-hydrogen) atoms. The molecule has 8 heteroatoms. The highest BCUT2D eigenvalue weighted by molar-refractivity contribution is 7.90.